The molecule has 0 amide bonds. The predicted molar refractivity (Wildman–Crippen MR) is 75.3 cm³/mol. The summed E-state index contributed by atoms with van der Waals surface area (Å²) in [6.45, 7) is 0.450. The van der Waals surface area contributed by atoms with Crippen LogP contribution in [0.25, 0.3) is 22.4 Å². The molecule has 21 heavy (non-hydrogen) atoms. The fourth-order valence-corrected chi connectivity index (χ4v) is 2.32. The zero-order valence-corrected chi connectivity index (χ0v) is 11.1. The number of fused-ring (bicyclic) bond motifs is 1. The first-order valence-corrected chi connectivity index (χ1v) is 6.48. The number of rotatable bonds is 3. The van der Waals surface area contributed by atoms with Gasteiger partial charge in [0.2, 0.25) is 0 Å². The lowest BCUT2D eigenvalue weighted by atomic mass is 10.2. The van der Waals surface area contributed by atoms with Gasteiger partial charge >= 0.3 is 0 Å². The minimum atomic E-state index is -0.911. The van der Waals surface area contributed by atoms with E-state index in [2.05, 4.69) is 11.1 Å². The van der Waals surface area contributed by atoms with E-state index in [1.807, 2.05) is 28.8 Å². The Morgan fingerprint density at radius 3 is 2.67 bits per heavy atom. The maximum atomic E-state index is 13.4. The monoisotopic (exact) mass is 283 g/mol. The highest BCUT2D eigenvalue weighted by atomic mass is 19.2. The Kier molecular flexibility index (Phi) is 3.36. The van der Waals surface area contributed by atoms with Gasteiger partial charge in [-0.05, 0) is 30.3 Å². The summed E-state index contributed by atoms with van der Waals surface area (Å²) in [5.41, 5.74) is 2.12. The van der Waals surface area contributed by atoms with Gasteiger partial charge < -0.3 is 4.57 Å². The number of benzene rings is 2. The van der Waals surface area contributed by atoms with Crippen molar-refractivity contribution in [1.29, 1.82) is 5.26 Å². The third-order valence-corrected chi connectivity index (χ3v) is 3.28. The van der Waals surface area contributed by atoms with Gasteiger partial charge in [-0.1, -0.05) is 12.1 Å². The second-order valence-electron chi connectivity index (χ2n) is 4.61. The third-order valence-electron chi connectivity index (χ3n) is 3.28. The molecule has 0 N–H and O–H groups in total. The van der Waals surface area contributed by atoms with E-state index in [1.54, 1.807) is 0 Å². The topological polar surface area (TPSA) is 41.6 Å². The van der Waals surface area contributed by atoms with Crippen molar-refractivity contribution in [3.63, 3.8) is 0 Å². The van der Waals surface area contributed by atoms with E-state index in [-0.39, 0.29) is 0 Å². The molecule has 0 aliphatic carbocycles. The summed E-state index contributed by atoms with van der Waals surface area (Å²) in [5, 5.41) is 8.79. The number of hydrogen-bond acceptors (Lipinski definition) is 2. The largest absolute Gasteiger partial charge is 0.323 e. The van der Waals surface area contributed by atoms with Crippen molar-refractivity contribution in [3.8, 4) is 17.5 Å². The second kappa shape index (κ2) is 5.33. The van der Waals surface area contributed by atoms with E-state index >= 15 is 0 Å². The van der Waals surface area contributed by atoms with Crippen LogP contribution in [0.1, 0.15) is 6.42 Å². The second-order valence-corrected chi connectivity index (χ2v) is 4.61. The van der Waals surface area contributed by atoms with Gasteiger partial charge in [-0.25, -0.2) is 13.8 Å². The molecule has 3 aromatic rings. The van der Waals surface area contributed by atoms with E-state index in [1.165, 1.54) is 6.07 Å². The van der Waals surface area contributed by atoms with E-state index in [0.29, 0.717) is 24.4 Å². The first kappa shape index (κ1) is 13.3. The number of aryl methyl sites for hydroxylation is 1. The molecule has 0 unspecified atom stereocenters. The van der Waals surface area contributed by atoms with Gasteiger partial charge in [0.1, 0.15) is 5.82 Å². The highest BCUT2D eigenvalue weighted by molar-refractivity contribution is 5.80. The first-order chi connectivity index (χ1) is 10.2. The van der Waals surface area contributed by atoms with E-state index < -0.39 is 11.6 Å². The molecule has 0 saturated heterocycles. The molecule has 1 heterocycles. The van der Waals surface area contributed by atoms with Crippen LogP contribution >= 0.6 is 0 Å². The van der Waals surface area contributed by atoms with Gasteiger partial charge in [-0.3, -0.25) is 0 Å². The molecule has 0 spiro atoms. The van der Waals surface area contributed by atoms with Crippen molar-refractivity contribution in [3.05, 3.63) is 54.1 Å². The van der Waals surface area contributed by atoms with Gasteiger partial charge in [0.15, 0.2) is 11.6 Å². The highest BCUT2D eigenvalue weighted by Gasteiger charge is 2.13. The van der Waals surface area contributed by atoms with Gasteiger partial charge in [-0.15, -0.1) is 0 Å². The van der Waals surface area contributed by atoms with E-state index in [4.69, 9.17) is 5.26 Å². The van der Waals surface area contributed by atoms with Crippen molar-refractivity contribution in [2.45, 2.75) is 13.0 Å². The van der Waals surface area contributed by atoms with Crippen molar-refractivity contribution in [1.82, 2.24) is 9.55 Å². The summed E-state index contributed by atoms with van der Waals surface area (Å²) in [7, 11) is 0. The maximum Gasteiger partial charge on any atom is 0.159 e. The molecule has 0 aliphatic heterocycles. The van der Waals surface area contributed by atoms with Crippen LogP contribution in [-0.4, -0.2) is 9.55 Å². The number of imidazole rings is 1. The zero-order chi connectivity index (χ0) is 14.8. The van der Waals surface area contributed by atoms with Crippen molar-refractivity contribution in [2.75, 3.05) is 0 Å². The van der Waals surface area contributed by atoms with Crippen molar-refractivity contribution < 1.29 is 8.78 Å². The fraction of sp³-hybridized carbons (Fsp3) is 0.125. The minimum absolute atomic E-state index is 0.316. The van der Waals surface area contributed by atoms with Crippen molar-refractivity contribution >= 4 is 11.0 Å². The van der Waals surface area contributed by atoms with E-state index in [0.717, 1.165) is 23.2 Å². The van der Waals surface area contributed by atoms with Crippen molar-refractivity contribution in [2.24, 2.45) is 0 Å². The summed E-state index contributed by atoms with van der Waals surface area (Å²) < 4.78 is 28.4. The molecular formula is C16H11F2N3. The summed E-state index contributed by atoms with van der Waals surface area (Å²) >= 11 is 0. The molecule has 104 valence electrons. The minimum Gasteiger partial charge on any atom is -0.323 e. The van der Waals surface area contributed by atoms with Crippen LogP contribution < -0.4 is 0 Å². The van der Waals surface area contributed by atoms with Crippen LogP contribution in [0.3, 0.4) is 0 Å². The molecule has 0 aliphatic rings. The Labute approximate surface area is 120 Å². The van der Waals surface area contributed by atoms with Crippen LogP contribution in [0, 0.1) is 23.0 Å². The number of aromatic nitrogens is 2. The lowest BCUT2D eigenvalue weighted by Gasteiger charge is -2.07. The highest BCUT2D eigenvalue weighted by Crippen LogP contribution is 2.26. The lowest BCUT2D eigenvalue weighted by molar-refractivity contribution is 0.509. The number of nitriles is 1. The molecule has 0 radical (unpaired) electrons. The molecule has 2 aromatic carbocycles. The Hall–Kier alpha value is -2.74. The molecule has 3 rings (SSSR count). The Bertz CT molecular complexity index is 846. The molecule has 0 fully saturated rings. The Morgan fingerprint density at radius 1 is 1.10 bits per heavy atom. The van der Waals surface area contributed by atoms with Crippen LogP contribution in [0.5, 0.6) is 0 Å². The average molecular weight is 283 g/mol. The van der Waals surface area contributed by atoms with Crippen LogP contribution in [0.15, 0.2) is 42.5 Å². The number of nitrogens with zero attached hydrogens (tertiary/aromatic N) is 3. The molecule has 0 atom stereocenters. The average Bonchev–Trinajstić information content (AvgIpc) is 2.86. The van der Waals surface area contributed by atoms with Gasteiger partial charge in [0, 0.05) is 12.1 Å². The Morgan fingerprint density at radius 2 is 1.90 bits per heavy atom. The SMILES string of the molecule is N#CCCn1c(-c2ccc(F)c(F)c2)nc2ccccc21. The van der Waals surface area contributed by atoms with Gasteiger partial charge in [-0.2, -0.15) is 5.26 Å². The van der Waals surface area contributed by atoms with Gasteiger partial charge in [0.05, 0.1) is 23.5 Å². The molecule has 5 heteroatoms. The third kappa shape index (κ3) is 2.36. The smallest absolute Gasteiger partial charge is 0.159 e. The molecule has 3 nitrogen and oxygen atoms in total. The summed E-state index contributed by atoms with van der Waals surface area (Å²) in [4.78, 5) is 4.47. The zero-order valence-electron chi connectivity index (χ0n) is 11.1. The number of para-hydroxylation sites is 2. The van der Waals surface area contributed by atoms with E-state index in [9.17, 15) is 8.78 Å². The fourth-order valence-electron chi connectivity index (χ4n) is 2.32. The Balaban J connectivity index is 2.20. The van der Waals surface area contributed by atoms with Crippen LogP contribution in [0.4, 0.5) is 8.78 Å². The maximum absolute atomic E-state index is 13.4. The van der Waals surface area contributed by atoms with Crippen LogP contribution in [0.2, 0.25) is 0 Å². The number of halogens is 2. The quantitative estimate of drug-likeness (QED) is 0.731. The summed E-state index contributed by atoms with van der Waals surface area (Å²) in [6, 6.07) is 13.3. The van der Waals surface area contributed by atoms with Gasteiger partial charge in [0.25, 0.3) is 0 Å². The molecule has 0 bridgehead atoms. The standard InChI is InChI=1S/C16H11F2N3/c17-12-7-6-11(10-13(12)18)16-20-14-4-1-2-5-15(14)21(16)9-3-8-19/h1-2,4-7,10H,3,9H2. The first-order valence-electron chi connectivity index (χ1n) is 6.48. The lowest BCUT2D eigenvalue weighted by Crippen LogP contribution is -2.00. The summed E-state index contributed by atoms with van der Waals surface area (Å²) in [6.07, 6.45) is 0.316. The summed E-state index contributed by atoms with van der Waals surface area (Å²) in [5.74, 6) is -1.27. The molecule has 1 aromatic heterocycles. The normalized spacial score (nSPS) is 10.7. The molecule has 0 saturated carbocycles. The van der Waals surface area contributed by atoms with Crippen LogP contribution in [-0.2, 0) is 6.54 Å². The molecular weight excluding hydrogens is 272 g/mol. The number of hydrogen-bond donors (Lipinski definition) is 0. The predicted octanol–water partition coefficient (Wildman–Crippen LogP) is 3.90.